The van der Waals surface area contributed by atoms with Crippen molar-refractivity contribution in [2.45, 2.75) is 38.2 Å². The van der Waals surface area contributed by atoms with Gasteiger partial charge in [-0.3, -0.25) is 4.79 Å². The Morgan fingerprint density at radius 1 is 1.29 bits per heavy atom. The number of ether oxygens (including phenoxy) is 1. The fraction of sp³-hybridized carbons (Fsp3) is 0.588. The van der Waals surface area contributed by atoms with E-state index in [9.17, 15) is 4.79 Å². The molecule has 1 aliphatic carbocycles. The number of halogens is 1. The van der Waals surface area contributed by atoms with Gasteiger partial charge in [0.2, 0.25) is 0 Å². The van der Waals surface area contributed by atoms with Crippen LogP contribution in [0.4, 0.5) is 0 Å². The lowest BCUT2D eigenvalue weighted by atomic mass is 9.76. The number of amides is 1. The van der Waals surface area contributed by atoms with Crippen molar-refractivity contribution in [3.63, 3.8) is 0 Å². The third-order valence-corrected chi connectivity index (χ3v) is 5.35. The van der Waals surface area contributed by atoms with Gasteiger partial charge in [0.25, 0.3) is 5.91 Å². The number of piperidine rings is 1. The smallest absolute Gasteiger partial charge is 0.253 e. The van der Waals surface area contributed by atoms with Crippen LogP contribution in [-0.4, -0.2) is 37.1 Å². The maximum Gasteiger partial charge on any atom is 0.253 e. The van der Waals surface area contributed by atoms with E-state index < -0.39 is 0 Å². The van der Waals surface area contributed by atoms with E-state index in [2.05, 4.69) is 0 Å². The molecule has 1 aliphatic heterocycles. The molecule has 1 saturated heterocycles. The minimum atomic E-state index is 0.118. The van der Waals surface area contributed by atoms with Gasteiger partial charge in [-0.2, -0.15) is 0 Å². The number of benzene rings is 1. The van der Waals surface area contributed by atoms with E-state index in [0.29, 0.717) is 11.1 Å². The molecule has 4 heteroatoms. The predicted molar refractivity (Wildman–Crippen MR) is 83.7 cm³/mol. The van der Waals surface area contributed by atoms with Gasteiger partial charge in [-0.1, -0.05) is 18.0 Å². The minimum absolute atomic E-state index is 0.118. The average molecular weight is 308 g/mol. The fourth-order valence-corrected chi connectivity index (χ4v) is 4.18. The Hall–Kier alpha value is -1.06. The standard InChI is InChI=1S/C17H22ClNO2/c1-21-15-4-2-9-17(15)10-3-11-19(12-17)16(20)13-5-7-14(18)8-6-13/h5-8,15H,2-4,9-12H2,1H3/t15-,17+/m1/s1. The first-order chi connectivity index (χ1) is 10.1. The van der Waals surface area contributed by atoms with Crippen LogP contribution in [0.1, 0.15) is 42.5 Å². The third kappa shape index (κ3) is 2.82. The van der Waals surface area contributed by atoms with Crippen LogP contribution in [0.3, 0.4) is 0 Å². The molecule has 1 aromatic rings. The molecular formula is C17H22ClNO2. The summed E-state index contributed by atoms with van der Waals surface area (Å²) in [4.78, 5) is 14.7. The number of hydrogen-bond acceptors (Lipinski definition) is 2. The van der Waals surface area contributed by atoms with E-state index >= 15 is 0 Å². The number of carbonyl (C=O) groups is 1. The van der Waals surface area contributed by atoms with E-state index in [0.717, 1.165) is 31.5 Å². The highest BCUT2D eigenvalue weighted by molar-refractivity contribution is 6.30. The Morgan fingerprint density at radius 2 is 2.00 bits per heavy atom. The zero-order chi connectivity index (χ0) is 14.9. The van der Waals surface area contributed by atoms with E-state index in [-0.39, 0.29) is 11.3 Å². The molecule has 0 radical (unpaired) electrons. The van der Waals surface area contributed by atoms with Gasteiger partial charge in [-0.15, -0.1) is 0 Å². The van der Waals surface area contributed by atoms with E-state index in [1.54, 1.807) is 19.2 Å². The predicted octanol–water partition coefficient (Wildman–Crippen LogP) is 3.76. The van der Waals surface area contributed by atoms with Crippen LogP contribution in [-0.2, 0) is 4.74 Å². The molecule has 114 valence electrons. The summed E-state index contributed by atoms with van der Waals surface area (Å²) in [6.45, 7) is 1.67. The first-order valence-electron chi connectivity index (χ1n) is 7.72. The molecule has 1 heterocycles. The molecule has 2 fully saturated rings. The highest BCUT2D eigenvalue weighted by atomic mass is 35.5. The molecule has 0 N–H and O–H groups in total. The van der Waals surface area contributed by atoms with Crippen LogP contribution < -0.4 is 0 Å². The van der Waals surface area contributed by atoms with Crippen LogP contribution in [0.2, 0.25) is 5.02 Å². The van der Waals surface area contributed by atoms with Gasteiger partial charge in [-0.05, 0) is 49.9 Å². The van der Waals surface area contributed by atoms with Gasteiger partial charge >= 0.3 is 0 Å². The van der Waals surface area contributed by atoms with Crippen molar-refractivity contribution in [3.05, 3.63) is 34.9 Å². The lowest BCUT2D eigenvalue weighted by Crippen LogP contribution is -2.49. The van der Waals surface area contributed by atoms with Crippen LogP contribution in [0, 0.1) is 5.41 Å². The molecule has 3 nitrogen and oxygen atoms in total. The highest BCUT2D eigenvalue weighted by Crippen LogP contribution is 2.46. The van der Waals surface area contributed by atoms with Crippen LogP contribution in [0.25, 0.3) is 0 Å². The number of hydrogen-bond donors (Lipinski definition) is 0. The summed E-state index contributed by atoms with van der Waals surface area (Å²) in [5.74, 6) is 0.118. The zero-order valence-electron chi connectivity index (χ0n) is 12.5. The van der Waals surface area contributed by atoms with Crippen molar-refractivity contribution in [3.8, 4) is 0 Å². The molecule has 0 aromatic heterocycles. The van der Waals surface area contributed by atoms with Crippen molar-refractivity contribution >= 4 is 17.5 Å². The second-order valence-corrected chi connectivity index (χ2v) is 6.75. The zero-order valence-corrected chi connectivity index (χ0v) is 13.2. The Balaban J connectivity index is 1.77. The van der Waals surface area contributed by atoms with Crippen molar-refractivity contribution in [2.24, 2.45) is 5.41 Å². The van der Waals surface area contributed by atoms with E-state index in [1.165, 1.54) is 19.3 Å². The lowest BCUT2D eigenvalue weighted by molar-refractivity contribution is -0.0295. The van der Waals surface area contributed by atoms with Gasteiger partial charge in [0.05, 0.1) is 6.10 Å². The first-order valence-corrected chi connectivity index (χ1v) is 8.10. The quantitative estimate of drug-likeness (QED) is 0.832. The SMILES string of the molecule is CO[C@@H]1CCC[C@@]12CCCN(C(=O)c1ccc(Cl)cc1)C2. The summed E-state index contributed by atoms with van der Waals surface area (Å²) in [6.07, 6.45) is 6.06. The van der Waals surface area contributed by atoms with Gasteiger partial charge in [0, 0.05) is 36.2 Å². The molecule has 3 rings (SSSR count). The summed E-state index contributed by atoms with van der Waals surface area (Å²) < 4.78 is 5.70. The average Bonchev–Trinajstić information content (AvgIpc) is 2.89. The summed E-state index contributed by atoms with van der Waals surface area (Å²) in [7, 11) is 1.80. The number of rotatable bonds is 2. The number of likely N-dealkylation sites (tertiary alicyclic amines) is 1. The molecule has 2 atom stereocenters. The van der Waals surface area contributed by atoms with Crippen molar-refractivity contribution < 1.29 is 9.53 Å². The maximum absolute atomic E-state index is 12.7. The molecule has 1 amide bonds. The first kappa shape index (κ1) is 14.9. The number of carbonyl (C=O) groups excluding carboxylic acids is 1. The second-order valence-electron chi connectivity index (χ2n) is 6.32. The molecule has 0 unspecified atom stereocenters. The van der Waals surface area contributed by atoms with Gasteiger partial charge in [0.1, 0.15) is 0 Å². The van der Waals surface area contributed by atoms with Gasteiger partial charge in [-0.25, -0.2) is 0 Å². The van der Waals surface area contributed by atoms with Crippen LogP contribution in [0.5, 0.6) is 0 Å². The van der Waals surface area contributed by atoms with Crippen molar-refractivity contribution in [2.75, 3.05) is 20.2 Å². The summed E-state index contributed by atoms with van der Waals surface area (Å²) in [5.41, 5.74) is 0.901. The Kier molecular flexibility index (Phi) is 4.23. The molecule has 0 bridgehead atoms. The second kappa shape index (κ2) is 5.98. The number of nitrogens with zero attached hydrogens (tertiary/aromatic N) is 1. The normalized spacial score (nSPS) is 29.0. The van der Waals surface area contributed by atoms with Gasteiger partial charge in [0.15, 0.2) is 0 Å². The monoisotopic (exact) mass is 307 g/mol. The number of methoxy groups -OCH3 is 1. The molecule has 21 heavy (non-hydrogen) atoms. The third-order valence-electron chi connectivity index (χ3n) is 5.10. The van der Waals surface area contributed by atoms with E-state index in [4.69, 9.17) is 16.3 Å². The summed E-state index contributed by atoms with van der Waals surface area (Å²) in [5, 5.41) is 0.664. The maximum atomic E-state index is 12.7. The molecular weight excluding hydrogens is 286 g/mol. The Bertz CT molecular complexity index is 516. The van der Waals surface area contributed by atoms with E-state index in [1.807, 2.05) is 17.0 Å². The van der Waals surface area contributed by atoms with Crippen LogP contribution >= 0.6 is 11.6 Å². The van der Waals surface area contributed by atoms with Gasteiger partial charge < -0.3 is 9.64 Å². The molecule has 1 spiro atoms. The molecule has 2 aliphatic rings. The fourth-order valence-electron chi connectivity index (χ4n) is 4.05. The van der Waals surface area contributed by atoms with Crippen molar-refractivity contribution in [1.82, 2.24) is 4.90 Å². The minimum Gasteiger partial charge on any atom is -0.381 e. The topological polar surface area (TPSA) is 29.5 Å². The Morgan fingerprint density at radius 3 is 2.71 bits per heavy atom. The largest absolute Gasteiger partial charge is 0.381 e. The lowest BCUT2D eigenvalue weighted by Gasteiger charge is -2.43. The molecule has 1 aromatic carbocycles. The summed E-state index contributed by atoms with van der Waals surface area (Å²) >= 11 is 5.90. The summed E-state index contributed by atoms with van der Waals surface area (Å²) in [6, 6.07) is 7.19. The van der Waals surface area contributed by atoms with Crippen molar-refractivity contribution in [1.29, 1.82) is 0 Å². The highest BCUT2D eigenvalue weighted by Gasteiger charge is 2.46. The Labute approximate surface area is 131 Å². The van der Waals surface area contributed by atoms with Crippen LogP contribution in [0.15, 0.2) is 24.3 Å². The molecule has 1 saturated carbocycles.